The lowest BCUT2D eigenvalue weighted by molar-refractivity contribution is 0.247. The molecule has 0 aliphatic rings. The van der Waals surface area contributed by atoms with Crippen LogP contribution in [-0.4, -0.2) is 33.4 Å². The molecule has 2 N–H and O–H groups in total. The molecule has 6 heteroatoms. The molecule has 0 aliphatic carbocycles. The van der Waals surface area contributed by atoms with Crippen molar-refractivity contribution in [2.45, 2.75) is 0 Å². The number of hydrogen-bond acceptors (Lipinski definition) is 4. The number of nitrogens with one attached hydrogen (secondary N) is 2. The number of hydrogen-bond donors (Lipinski definition) is 2. The highest BCUT2D eigenvalue weighted by atomic mass is 16.5. The van der Waals surface area contributed by atoms with Crippen molar-refractivity contribution in [3.8, 4) is 17.2 Å². The van der Waals surface area contributed by atoms with Crippen LogP contribution < -0.4 is 24.8 Å². The Morgan fingerprint density at radius 2 is 1.65 bits per heavy atom. The van der Waals surface area contributed by atoms with Crippen molar-refractivity contribution in [2.24, 2.45) is 0 Å². The maximum Gasteiger partial charge on any atom is 0.319 e. The average Bonchev–Trinajstić information content (AvgIpc) is 2.59. The molecule has 122 valence electrons. The summed E-state index contributed by atoms with van der Waals surface area (Å²) in [5.41, 5.74) is 0.614. The van der Waals surface area contributed by atoms with E-state index in [0.717, 1.165) is 11.5 Å². The molecule has 0 saturated heterocycles. The molecule has 2 aromatic carbocycles. The van der Waals surface area contributed by atoms with Gasteiger partial charge in [0.25, 0.3) is 0 Å². The maximum absolute atomic E-state index is 11.8. The number of benzene rings is 2. The highest BCUT2D eigenvalue weighted by molar-refractivity contribution is 5.90. The first-order valence-electron chi connectivity index (χ1n) is 7.17. The van der Waals surface area contributed by atoms with Crippen LogP contribution in [0, 0.1) is 0 Å². The molecule has 0 unspecified atom stereocenters. The van der Waals surface area contributed by atoms with Gasteiger partial charge in [0.15, 0.2) is 0 Å². The Kier molecular flexibility index (Phi) is 6.11. The lowest BCUT2D eigenvalue weighted by Crippen LogP contribution is -2.32. The van der Waals surface area contributed by atoms with Crippen LogP contribution in [0.1, 0.15) is 0 Å². The van der Waals surface area contributed by atoms with E-state index in [0.29, 0.717) is 24.6 Å². The van der Waals surface area contributed by atoms with Crippen LogP contribution in [0.3, 0.4) is 0 Å². The summed E-state index contributed by atoms with van der Waals surface area (Å²) in [5.74, 6) is 2.10. The van der Waals surface area contributed by atoms with Gasteiger partial charge >= 0.3 is 6.03 Å². The molecule has 2 rings (SSSR count). The number of urea groups is 1. The minimum Gasteiger partial charge on any atom is -0.497 e. The van der Waals surface area contributed by atoms with Gasteiger partial charge in [0, 0.05) is 0 Å². The van der Waals surface area contributed by atoms with Crippen molar-refractivity contribution in [3.05, 3.63) is 48.5 Å². The second-order valence-electron chi connectivity index (χ2n) is 4.61. The third-order valence-corrected chi connectivity index (χ3v) is 3.07. The highest BCUT2D eigenvalue weighted by Crippen LogP contribution is 2.22. The molecule has 0 atom stereocenters. The van der Waals surface area contributed by atoms with Crippen molar-refractivity contribution in [1.29, 1.82) is 0 Å². The summed E-state index contributed by atoms with van der Waals surface area (Å²) in [6.45, 7) is 0.749. The van der Waals surface area contributed by atoms with Gasteiger partial charge in [0.1, 0.15) is 23.9 Å². The normalized spacial score (nSPS) is 9.83. The Hall–Kier alpha value is -2.89. The minimum atomic E-state index is -0.312. The molecule has 0 spiro atoms. The second-order valence-corrected chi connectivity index (χ2v) is 4.61. The van der Waals surface area contributed by atoms with Gasteiger partial charge < -0.3 is 24.8 Å². The minimum absolute atomic E-state index is 0.312. The Morgan fingerprint density at radius 1 is 0.957 bits per heavy atom. The number of para-hydroxylation sites is 2. The summed E-state index contributed by atoms with van der Waals surface area (Å²) in [5, 5.41) is 5.45. The quantitative estimate of drug-likeness (QED) is 0.771. The molecule has 0 aromatic heterocycles. The Morgan fingerprint density at radius 3 is 2.35 bits per heavy atom. The summed E-state index contributed by atoms with van der Waals surface area (Å²) < 4.78 is 15.8. The van der Waals surface area contributed by atoms with Gasteiger partial charge in [-0.15, -0.1) is 0 Å². The molecule has 23 heavy (non-hydrogen) atoms. The topological polar surface area (TPSA) is 68.8 Å². The number of carbonyl (C=O) groups excluding carboxylic acids is 1. The first-order valence-corrected chi connectivity index (χ1v) is 7.17. The molecular formula is C17H20N2O4. The van der Waals surface area contributed by atoms with Crippen molar-refractivity contribution >= 4 is 11.7 Å². The molecule has 6 nitrogen and oxygen atoms in total. The van der Waals surface area contributed by atoms with Crippen molar-refractivity contribution in [2.75, 3.05) is 32.7 Å². The van der Waals surface area contributed by atoms with Gasteiger partial charge in [-0.3, -0.25) is 0 Å². The van der Waals surface area contributed by atoms with Crippen LogP contribution in [0.4, 0.5) is 10.5 Å². The molecule has 0 bridgehead atoms. The van der Waals surface area contributed by atoms with E-state index in [1.54, 1.807) is 26.4 Å². The van der Waals surface area contributed by atoms with Gasteiger partial charge in [-0.2, -0.15) is 0 Å². The standard InChI is InChI=1S/C17H20N2O4/c1-21-13-7-9-14(10-8-13)23-12-11-18-17(20)19-15-5-3-4-6-16(15)22-2/h3-10H,11-12H2,1-2H3,(H2,18,19,20). The summed E-state index contributed by atoms with van der Waals surface area (Å²) in [4.78, 5) is 11.8. The van der Waals surface area contributed by atoms with Crippen LogP contribution in [0.25, 0.3) is 0 Å². The van der Waals surface area contributed by atoms with Gasteiger partial charge in [-0.1, -0.05) is 12.1 Å². The van der Waals surface area contributed by atoms with E-state index >= 15 is 0 Å². The Balaban J connectivity index is 1.72. The van der Waals surface area contributed by atoms with Crippen molar-refractivity contribution in [3.63, 3.8) is 0 Å². The van der Waals surface area contributed by atoms with Gasteiger partial charge in [-0.05, 0) is 36.4 Å². The first kappa shape index (κ1) is 16.5. The fourth-order valence-corrected chi connectivity index (χ4v) is 1.92. The van der Waals surface area contributed by atoms with Crippen LogP contribution in [0.15, 0.2) is 48.5 Å². The molecule has 2 aromatic rings. The summed E-state index contributed by atoms with van der Waals surface area (Å²) in [6.07, 6.45) is 0. The number of carbonyl (C=O) groups is 1. The van der Waals surface area contributed by atoms with Gasteiger partial charge in [0.05, 0.1) is 26.5 Å². The summed E-state index contributed by atoms with van der Waals surface area (Å²) in [6, 6.07) is 14.2. The van der Waals surface area contributed by atoms with Crippen LogP contribution in [0.2, 0.25) is 0 Å². The maximum atomic E-state index is 11.8. The number of anilines is 1. The zero-order chi connectivity index (χ0) is 16.5. The van der Waals surface area contributed by atoms with E-state index in [-0.39, 0.29) is 6.03 Å². The lowest BCUT2D eigenvalue weighted by Gasteiger charge is -2.11. The third kappa shape index (κ3) is 5.10. The predicted molar refractivity (Wildman–Crippen MR) is 88.5 cm³/mol. The van der Waals surface area contributed by atoms with E-state index in [2.05, 4.69) is 10.6 Å². The first-order chi connectivity index (χ1) is 11.2. The fourth-order valence-electron chi connectivity index (χ4n) is 1.92. The zero-order valence-electron chi connectivity index (χ0n) is 13.2. The van der Waals surface area contributed by atoms with Crippen LogP contribution in [0.5, 0.6) is 17.2 Å². The number of ether oxygens (including phenoxy) is 3. The van der Waals surface area contributed by atoms with Crippen LogP contribution >= 0.6 is 0 Å². The monoisotopic (exact) mass is 316 g/mol. The molecule has 0 radical (unpaired) electrons. The average molecular weight is 316 g/mol. The number of methoxy groups -OCH3 is 2. The molecule has 0 aliphatic heterocycles. The molecule has 2 amide bonds. The van der Waals surface area contributed by atoms with Crippen molar-refractivity contribution in [1.82, 2.24) is 5.32 Å². The Labute approximate surface area is 135 Å². The fraction of sp³-hybridized carbons (Fsp3) is 0.235. The van der Waals surface area contributed by atoms with E-state index < -0.39 is 0 Å². The Bertz CT molecular complexity index is 629. The summed E-state index contributed by atoms with van der Waals surface area (Å²) >= 11 is 0. The number of rotatable bonds is 7. The highest BCUT2D eigenvalue weighted by Gasteiger charge is 2.05. The molecule has 0 saturated carbocycles. The van der Waals surface area contributed by atoms with Gasteiger partial charge in [-0.25, -0.2) is 4.79 Å². The van der Waals surface area contributed by atoms with E-state index in [9.17, 15) is 4.79 Å². The van der Waals surface area contributed by atoms with Gasteiger partial charge in [0.2, 0.25) is 0 Å². The smallest absolute Gasteiger partial charge is 0.319 e. The van der Waals surface area contributed by atoms with E-state index in [1.807, 2.05) is 36.4 Å². The number of amides is 2. The zero-order valence-corrected chi connectivity index (χ0v) is 13.2. The van der Waals surface area contributed by atoms with E-state index in [4.69, 9.17) is 14.2 Å². The molecule has 0 heterocycles. The lowest BCUT2D eigenvalue weighted by atomic mass is 10.3. The SMILES string of the molecule is COc1ccc(OCCNC(=O)Nc2ccccc2OC)cc1. The largest absolute Gasteiger partial charge is 0.497 e. The molecular weight excluding hydrogens is 296 g/mol. The second kappa shape index (κ2) is 8.53. The third-order valence-electron chi connectivity index (χ3n) is 3.07. The van der Waals surface area contributed by atoms with Crippen LogP contribution in [-0.2, 0) is 0 Å². The van der Waals surface area contributed by atoms with E-state index in [1.165, 1.54) is 0 Å². The summed E-state index contributed by atoms with van der Waals surface area (Å²) in [7, 11) is 3.17. The predicted octanol–water partition coefficient (Wildman–Crippen LogP) is 2.90. The van der Waals surface area contributed by atoms with Crippen molar-refractivity contribution < 1.29 is 19.0 Å². The molecule has 0 fully saturated rings.